The summed E-state index contributed by atoms with van der Waals surface area (Å²) in [6, 6.07) is 7.64. The Labute approximate surface area is 66.4 Å². The Morgan fingerprint density at radius 2 is 2.00 bits per heavy atom. The van der Waals surface area contributed by atoms with Gasteiger partial charge in [0.2, 0.25) is 0 Å². The van der Waals surface area contributed by atoms with Crippen LogP contribution in [0.15, 0.2) is 24.3 Å². The highest BCUT2D eigenvalue weighted by Crippen LogP contribution is 2.16. The molecule has 0 aromatic heterocycles. The van der Waals surface area contributed by atoms with Gasteiger partial charge in [-0.3, -0.25) is 0 Å². The van der Waals surface area contributed by atoms with Crippen LogP contribution in [-0.2, 0) is 6.42 Å². The Morgan fingerprint density at radius 1 is 1.36 bits per heavy atom. The first-order valence-corrected chi connectivity index (χ1v) is 3.74. The van der Waals surface area contributed by atoms with Gasteiger partial charge < -0.3 is 0 Å². The molecule has 0 aliphatic carbocycles. The minimum atomic E-state index is 0.773. The van der Waals surface area contributed by atoms with E-state index in [1.165, 1.54) is 7.05 Å². The summed E-state index contributed by atoms with van der Waals surface area (Å²) in [5.41, 5.74) is 1.88. The molecule has 2 heteroatoms. The molecule has 11 heavy (non-hydrogen) atoms. The molecule has 58 valence electrons. The summed E-state index contributed by atoms with van der Waals surface area (Å²) < 4.78 is 0.902. The molecule has 0 saturated carbocycles. The Balaban J connectivity index is 3.12. The maximum absolute atomic E-state index is 10.9. The quantitative estimate of drug-likeness (QED) is 0.592. The van der Waals surface area contributed by atoms with Crippen LogP contribution in [0.1, 0.15) is 12.5 Å². The molecule has 1 aromatic carbocycles. The van der Waals surface area contributed by atoms with E-state index in [-0.39, 0.29) is 0 Å². The van der Waals surface area contributed by atoms with Gasteiger partial charge in [-0.2, -0.15) is 0 Å². The number of hydrogen-bond acceptors (Lipinski definition) is 1. The minimum absolute atomic E-state index is 0.773. The molecule has 0 bridgehead atoms. The summed E-state index contributed by atoms with van der Waals surface area (Å²) in [6.07, 6.45) is 0.906. The summed E-state index contributed by atoms with van der Waals surface area (Å²) in [7, 11) is 1.52. The van der Waals surface area contributed by atoms with E-state index in [0.29, 0.717) is 0 Å². The van der Waals surface area contributed by atoms with Gasteiger partial charge in [0.05, 0.1) is 0 Å². The van der Waals surface area contributed by atoms with Crippen LogP contribution in [0, 0.1) is 4.91 Å². The molecule has 0 aliphatic heterocycles. The van der Waals surface area contributed by atoms with E-state index in [2.05, 4.69) is 0 Å². The van der Waals surface area contributed by atoms with Crippen molar-refractivity contribution in [2.45, 2.75) is 13.3 Å². The third-order valence-electron chi connectivity index (χ3n) is 1.71. The third kappa shape index (κ3) is 1.64. The number of hydrogen-bond donors (Lipinski definition) is 0. The molecular weight excluding hydrogens is 138 g/mol. The lowest BCUT2D eigenvalue weighted by atomic mass is 10.1. The zero-order chi connectivity index (χ0) is 8.27. The van der Waals surface area contributed by atoms with Crippen LogP contribution in [0.25, 0.3) is 0 Å². The normalized spacial score (nSPS) is 9.64. The summed E-state index contributed by atoms with van der Waals surface area (Å²) in [5, 5.41) is 0. The second kappa shape index (κ2) is 3.28. The highest BCUT2D eigenvalue weighted by Gasteiger charge is 2.10. The monoisotopic (exact) mass is 150 g/mol. The van der Waals surface area contributed by atoms with Crippen molar-refractivity contribution in [3.63, 3.8) is 0 Å². The molecule has 0 saturated heterocycles. The zero-order valence-electron chi connectivity index (χ0n) is 6.87. The molecule has 0 heterocycles. The van der Waals surface area contributed by atoms with Crippen LogP contribution in [0.4, 0.5) is 5.69 Å². The van der Waals surface area contributed by atoms with Gasteiger partial charge in [-0.15, -0.1) is 0 Å². The Bertz CT molecular complexity index is 268. The van der Waals surface area contributed by atoms with Crippen LogP contribution >= 0.6 is 0 Å². The molecule has 0 fully saturated rings. The number of nitroso groups, excluding NO2 is 1. The highest BCUT2D eigenvalue weighted by molar-refractivity contribution is 5.39. The van der Waals surface area contributed by atoms with Gasteiger partial charge in [0.25, 0.3) is 5.69 Å². The van der Waals surface area contributed by atoms with Gasteiger partial charge in [0, 0.05) is 21.3 Å². The van der Waals surface area contributed by atoms with Crippen molar-refractivity contribution in [2.24, 2.45) is 0 Å². The van der Waals surface area contributed by atoms with Crippen molar-refractivity contribution < 1.29 is 4.76 Å². The molecule has 0 N–H and O–H groups in total. The maximum Gasteiger partial charge on any atom is 0.258 e. The summed E-state index contributed by atoms with van der Waals surface area (Å²) in [4.78, 5) is 10.9. The number of rotatable bonds is 2. The second-order valence-corrected chi connectivity index (χ2v) is 2.48. The fraction of sp³-hybridized carbons (Fsp3) is 0.333. The van der Waals surface area contributed by atoms with Crippen LogP contribution < -0.4 is 0 Å². The first-order chi connectivity index (χ1) is 5.25. The van der Waals surface area contributed by atoms with E-state index in [1.807, 2.05) is 31.2 Å². The van der Waals surface area contributed by atoms with Gasteiger partial charge >= 0.3 is 0 Å². The molecule has 0 radical (unpaired) electrons. The predicted molar refractivity (Wildman–Crippen MR) is 45.0 cm³/mol. The average molecular weight is 150 g/mol. The molecule has 0 amide bonds. The third-order valence-corrected chi connectivity index (χ3v) is 1.71. The van der Waals surface area contributed by atoms with Gasteiger partial charge in [-0.25, -0.2) is 0 Å². The smallest absolute Gasteiger partial charge is 0.0615 e. The SMILES string of the molecule is CCc1ccccc1[N+](C)=O. The largest absolute Gasteiger partial charge is 0.258 e. The van der Waals surface area contributed by atoms with Gasteiger partial charge in [-0.1, -0.05) is 25.1 Å². The fourth-order valence-electron chi connectivity index (χ4n) is 1.12. The number of aryl methyl sites for hydroxylation is 1. The zero-order valence-corrected chi connectivity index (χ0v) is 6.87. The number of nitrogens with zero attached hydrogens (tertiary/aromatic N) is 1. The second-order valence-electron chi connectivity index (χ2n) is 2.48. The molecule has 0 unspecified atom stereocenters. The van der Waals surface area contributed by atoms with E-state index >= 15 is 0 Å². The van der Waals surface area contributed by atoms with Crippen LogP contribution in [0.5, 0.6) is 0 Å². The van der Waals surface area contributed by atoms with Crippen LogP contribution in [-0.4, -0.2) is 11.8 Å². The number of benzene rings is 1. The molecule has 1 aromatic rings. The average Bonchev–Trinajstić information content (AvgIpc) is 2.04. The van der Waals surface area contributed by atoms with Crippen molar-refractivity contribution in [3.05, 3.63) is 34.7 Å². The van der Waals surface area contributed by atoms with Gasteiger partial charge in [0.15, 0.2) is 7.05 Å². The van der Waals surface area contributed by atoms with E-state index in [4.69, 9.17) is 0 Å². The molecule has 2 nitrogen and oxygen atoms in total. The van der Waals surface area contributed by atoms with E-state index in [1.54, 1.807) is 0 Å². The van der Waals surface area contributed by atoms with E-state index < -0.39 is 0 Å². The van der Waals surface area contributed by atoms with Crippen molar-refractivity contribution in [1.29, 1.82) is 0 Å². The Kier molecular flexibility index (Phi) is 2.36. The molecule has 0 spiro atoms. The lowest BCUT2D eigenvalue weighted by Crippen LogP contribution is -1.94. The highest BCUT2D eigenvalue weighted by atomic mass is 16.3. The predicted octanol–water partition coefficient (Wildman–Crippen LogP) is 2.29. The Morgan fingerprint density at radius 3 is 2.45 bits per heavy atom. The summed E-state index contributed by atoms with van der Waals surface area (Å²) in [6.45, 7) is 2.04. The van der Waals surface area contributed by atoms with Crippen molar-refractivity contribution in [1.82, 2.24) is 0 Å². The van der Waals surface area contributed by atoms with Crippen molar-refractivity contribution >= 4 is 5.69 Å². The van der Waals surface area contributed by atoms with Crippen LogP contribution in [0.3, 0.4) is 0 Å². The number of para-hydroxylation sites is 1. The molecule has 1 rings (SSSR count). The fourth-order valence-corrected chi connectivity index (χ4v) is 1.12. The minimum Gasteiger partial charge on any atom is -0.0615 e. The molecular formula is C9H12NO+. The first-order valence-electron chi connectivity index (χ1n) is 3.74. The Hall–Kier alpha value is -1.18. The van der Waals surface area contributed by atoms with Gasteiger partial charge in [0.1, 0.15) is 0 Å². The molecule has 0 aliphatic rings. The van der Waals surface area contributed by atoms with E-state index in [9.17, 15) is 4.91 Å². The first kappa shape index (κ1) is 7.92. The van der Waals surface area contributed by atoms with Crippen molar-refractivity contribution in [3.8, 4) is 0 Å². The van der Waals surface area contributed by atoms with Crippen molar-refractivity contribution in [2.75, 3.05) is 7.05 Å². The molecule has 0 atom stereocenters. The standard InChI is InChI=1S/C9H12NO/c1-3-8-6-4-5-7-9(8)10(2)11/h4-7H,3H2,1-2H3/q+1. The van der Waals surface area contributed by atoms with Crippen LogP contribution in [0.2, 0.25) is 0 Å². The summed E-state index contributed by atoms with van der Waals surface area (Å²) in [5.74, 6) is 0. The topological polar surface area (TPSA) is 20.1 Å². The van der Waals surface area contributed by atoms with Gasteiger partial charge in [-0.05, 0) is 6.42 Å². The summed E-state index contributed by atoms with van der Waals surface area (Å²) >= 11 is 0. The lowest BCUT2D eigenvalue weighted by molar-refractivity contribution is -0.428. The lowest BCUT2D eigenvalue weighted by Gasteiger charge is -1.94. The van der Waals surface area contributed by atoms with E-state index in [0.717, 1.165) is 22.4 Å². The maximum atomic E-state index is 10.9.